The van der Waals surface area contributed by atoms with E-state index in [-0.39, 0.29) is 12.5 Å². The number of hydrazone groups is 1. The van der Waals surface area contributed by atoms with E-state index < -0.39 is 0 Å². The van der Waals surface area contributed by atoms with Crippen LogP contribution >= 0.6 is 0 Å². The van der Waals surface area contributed by atoms with Crippen LogP contribution in [0.2, 0.25) is 0 Å². The van der Waals surface area contributed by atoms with E-state index in [1.165, 1.54) is 0 Å². The molecule has 1 N–H and O–H groups in total. The van der Waals surface area contributed by atoms with Crippen molar-refractivity contribution in [3.8, 4) is 5.75 Å². The van der Waals surface area contributed by atoms with E-state index in [4.69, 9.17) is 4.74 Å². The lowest BCUT2D eigenvalue weighted by Gasteiger charge is -2.11. The van der Waals surface area contributed by atoms with Crippen LogP contribution in [0, 0.1) is 13.8 Å². The van der Waals surface area contributed by atoms with Gasteiger partial charge in [0, 0.05) is 19.8 Å². The standard InChI is InChI=1S/C19H23N3O2/c1-14-9-15(2)11-18(10-14)24-13-19(23)21-20-12-16-5-7-17(8-6-16)22(3)4/h5-12H,13H2,1-4H3,(H,21,23). The number of hydrogen-bond acceptors (Lipinski definition) is 4. The first-order chi connectivity index (χ1) is 11.4. The van der Waals surface area contributed by atoms with Crippen LogP contribution in [0.3, 0.4) is 0 Å². The minimum atomic E-state index is -0.296. The van der Waals surface area contributed by atoms with Crippen LogP contribution in [0.5, 0.6) is 5.75 Å². The quantitative estimate of drug-likeness (QED) is 0.656. The van der Waals surface area contributed by atoms with Gasteiger partial charge in [0.05, 0.1) is 6.21 Å². The van der Waals surface area contributed by atoms with Crippen molar-refractivity contribution in [2.45, 2.75) is 13.8 Å². The molecule has 5 heteroatoms. The van der Waals surface area contributed by atoms with Gasteiger partial charge in [-0.15, -0.1) is 0 Å². The van der Waals surface area contributed by atoms with E-state index in [0.29, 0.717) is 5.75 Å². The fourth-order valence-corrected chi connectivity index (χ4v) is 2.23. The van der Waals surface area contributed by atoms with E-state index in [1.54, 1.807) is 6.21 Å². The third-order valence-electron chi connectivity index (χ3n) is 3.38. The Bertz CT molecular complexity index is 702. The lowest BCUT2D eigenvalue weighted by atomic mass is 10.1. The average molecular weight is 325 g/mol. The van der Waals surface area contributed by atoms with Gasteiger partial charge in [-0.1, -0.05) is 18.2 Å². The molecule has 0 aliphatic heterocycles. The van der Waals surface area contributed by atoms with Crippen molar-refractivity contribution in [3.63, 3.8) is 0 Å². The maximum atomic E-state index is 11.8. The summed E-state index contributed by atoms with van der Waals surface area (Å²) in [4.78, 5) is 13.8. The molecule has 0 heterocycles. The molecule has 0 bridgehead atoms. The van der Waals surface area contributed by atoms with Crippen molar-refractivity contribution in [2.75, 3.05) is 25.6 Å². The van der Waals surface area contributed by atoms with Gasteiger partial charge in [-0.2, -0.15) is 5.10 Å². The van der Waals surface area contributed by atoms with Crippen LogP contribution in [-0.4, -0.2) is 32.8 Å². The summed E-state index contributed by atoms with van der Waals surface area (Å²) in [6.07, 6.45) is 1.61. The predicted octanol–water partition coefficient (Wildman–Crippen LogP) is 2.90. The number of amides is 1. The average Bonchev–Trinajstić information content (AvgIpc) is 2.52. The molecule has 0 aromatic heterocycles. The molecule has 0 radical (unpaired) electrons. The molecule has 1 amide bonds. The molecule has 0 fully saturated rings. The highest BCUT2D eigenvalue weighted by atomic mass is 16.5. The number of ether oxygens (including phenoxy) is 1. The Morgan fingerprint density at radius 3 is 2.33 bits per heavy atom. The van der Waals surface area contributed by atoms with Gasteiger partial charge in [-0.25, -0.2) is 5.43 Å². The number of aryl methyl sites for hydroxylation is 2. The molecule has 2 aromatic rings. The number of hydrogen-bond donors (Lipinski definition) is 1. The van der Waals surface area contributed by atoms with Crippen molar-refractivity contribution in [2.24, 2.45) is 5.10 Å². The Kier molecular flexibility index (Phi) is 5.95. The van der Waals surface area contributed by atoms with Crippen molar-refractivity contribution in [1.82, 2.24) is 5.43 Å². The minimum Gasteiger partial charge on any atom is -0.484 e. The smallest absolute Gasteiger partial charge is 0.277 e. The fourth-order valence-electron chi connectivity index (χ4n) is 2.23. The van der Waals surface area contributed by atoms with Crippen LogP contribution in [0.1, 0.15) is 16.7 Å². The maximum Gasteiger partial charge on any atom is 0.277 e. The van der Waals surface area contributed by atoms with Gasteiger partial charge in [0.15, 0.2) is 6.61 Å². The van der Waals surface area contributed by atoms with E-state index in [0.717, 1.165) is 22.4 Å². The molecule has 2 aromatic carbocycles. The summed E-state index contributed by atoms with van der Waals surface area (Å²) in [5.41, 5.74) is 6.69. The fraction of sp³-hybridized carbons (Fsp3) is 0.263. The molecule has 0 saturated heterocycles. The van der Waals surface area contributed by atoms with E-state index in [1.807, 2.05) is 69.2 Å². The predicted molar refractivity (Wildman–Crippen MR) is 97.9 cm³/mol. The monoisotopic (exact) mass is 325 g/mol. The Morgan fingerprint density at radius 2 is 1.75 bits per heavy atom. The topological polar surface area (TPSA) is 53.9 Å². The highest BCUT2D eigenvalue weighted by Gasteiger charge is 2.02. The summed E-state index contributed by atoms with van der Waals surface area (Å²) in [5, 5.41) is 3.95. The third-order valence-corrected chi connectivity index (χ3v) is 3.38. The minimum absolute atomic E-state index is 0.0696. The summed E-state index contributed by atoms with van der Waals surface area (Å²) in [6.45, 7) is 3.91. The summed E-state index contributed by atoms with van der Waals surface area (Å²) >= 11 is 0. The van der Waals surface area contributed by atoms with Gasteiger partial charge >= 0.3 is 0 Å². The Balaban J connectivity index is 1.82. The van der Waals surface area contributed by atoms with Gasteiger partial charge < -0.3 is 9.64 Å². The van der Waals surface area contributed by atoms with Gasteiger partial charge in [-0.3, -0.25) is 4.79 Å². The van der Waals surface area contributed by atoms with Crippen molar-refractivity contribution in [3.05, 3.63) is 59.2 Å². The summed E-state index contributed by atoms with van der Waals surface area (Å²) in [5.74, 6) is 0.390. The molecule has 0 saturated carbocycles. The molecule has 0 spiro atoms. The number of benzene rings is 2. The maximum absolute atomic E-state index is 11.8. The summed E-state index contributed by atoms with van der Waals surface area (Å²) in [6, 6.07) is 13.7. The third kappa shape index (κ3) is 5.43. The number of rotatable bonds is 6. The highest BCUT2D eigenvalue weighted by Crippen LogP contribution is 2.16. The molecule has 126 valence electrons. The number of carbonyl (C=O) groups is 1. The molecule has 0 atom stereocenters. The zero-order valence-electron chi connectivity index (χ0n) is 14.5. The number of anilines is 1. The van der Waals surface area contributed by atoms with Gasteiger partial charge in [0.1, 0.15) is 5.75 Å². The molecule has 24 heavy (non-hydrogen) atoms. The highest BCUT2D eigenvalue weighted by molar-refractivity contribution is 5.83. The second-order valence-corrected chi connectivity index (χ2v) is 5.89. The van der Waals surface area contributed by atoms with Crippen LogP contribution in [-0.2, 0) is 4.79 Å². The van der Waals surface area contributed by atoms with E-state index in [2.05, 4.69) is 16.6 Å². The van der Waals surface area contributed by atoms with Gasteiger partial charge in [-0.05, 0) is 54.8 Å². The van der Waals surface area contributed by atoms with Crippen molar-refractivity contribution < 1.29 is 9.53 Å². The number of nitrogens with zero attached hydrogens (tertiary/aromatic N) is 2. The van der Waals surface area contributed by atoms with E-state index >= 15 is 0 Å². The largest absolute Gasteiger partial charge is 0.484 e. The Hall–Kier alpha value is -2.82. The summed E-state index contributed by atoms with van der Waals surface area (Å²) in [7, 11) is 3.97. The second kappa shape index (κ2) is 8.15. The van der Waals surface area contributed by atoms with E-state index in [9.17, 15) is 4.79 Å². The van der Waals surface area contributed by atoms with Crippen molar-refractivity contribution in [1.29, 1.82) is 0 Å². The van der Waals surface area contributed by atoms with Crippen LogP contribution in [0.4, 0.5) is 5.69 Å². The SMILES string of the molecule is Cc1cc(C)cc(OCC(=O)NN=Cc2ccc(N(C)C)cc2)c1. The Labute approximate surface area is 142 Å². The molecule has 0 unspecified atom stereocenters. The van der Waals surface area contributed by atoms with Gasteiger partial charge in [0.2, 0.25) is 0 Å². The van der Waals surface area contributed by atoms with Crippen molar-refractivity contribution >= 4 is 17.8 Å². The lowest BCUT2D eigenvalue weighted by Crippen LogP contribution is -2.24. The normalized spacial score (nSPS) is 10.7. The van der Waals surface area contributed by atoms with Crippen LogP contribution in [0.15, 0.2) is 47.6 Å². The molecule has 0 aliphatic carbocycles. The van der Waals surface area contributed by atoms with Gasteiger partial charge in [0.25, 0.3) is 5.91 Å². The van der Waals surface area contributed by atoms with Crippen LogP contribution < -0.4 is 15.1 Å². The first-order valence-electron chi connectivity index (χ1n) is 7.74. The van der Waals surface area contributed by atoms with Crippen LogP contribution in [0.25, 0.3) is 0 Å². The second-order valence-electron chi connectivity index (χ2n) is 5.89. The molecule has 5 nitrogen and oxygen atoms in total. The number of carbonyl (C=O) groups excluding carboxylic acids is 1. The molecular formula is C19H23N3O2. The molecule has 2 rings (SSSR count). The zero-order valence-corrected chi connectivity index (χ0v) is 14.5. The first kappa shape index (κ1) is 17.5. The zero-order chi connectivity index (χ0) is 17.5. The summed E-state index contributed by atoms with van der Waals surface area (Å²) < 4.78 is 5.48. The molecule has 0 aliphatic rings. The number of nitrogens with one attached hydrogen (secondary N) is 1. The lowest BCUT2D eigenvalue weighted by molar-refractivity contribution is -0.123. The Morgan fingerprint density at radius 1 is 1.12 bits per heavy atom. The molecular weight excluding hydrogens is 302 g/mol. The first-order valence-corrected chi connectivity index (χ1v) is 7.74.